The second-order valence-electron chi connectivity index (χ2n) is 5.06. The fourth-order valence-electron chi connectivity index (χ4n) is 2.39. The van der Waals surface area contributed by atoms with Gasteiger partial charge in [0, 0.05) is 6.61 Å². The van der Waals surface area contributed by atoms with Gasteiger partial charge in [-0.1, -0.05) is 0 Å². The molecule has 22 heavy (non-hydrogen) atoms. The Labute approximate surface area is 126 Å². The fraction of sp³-hybridized carbons (Fsp3) is 0.615. The zero-order valence-corrected chi connectivity index (χ0v) is 12.4. The van der Waals surface area contributed by atoms with Crippen molar-refractivity contribution in [1.29, 1.82) is 0 Å². The van der Waals surface area contributed by atoms with E-state index in [1.165, 1.54) is 6.33 Å². The van der Waals surface area contributed by atoms with Crippen molar-refractivity contribution in [3.8, 4) is 0 Å². The monoisotopic (exact) mass is 311 g/mol. The molecular weight excluding hydrogens is 290 g/mol. The molecule has 0 radical (unpaired) electrons. The molecule has 2 unspecified atom stereocenters. The topological polar surface area (TPSA) is 139 Å². The van der Waals surface area contributed by atoms with Crippen LogP contribution in [0.3, 0.4) is 0 Å². The van der Waals surface area contributed by atoms with E-state index >= 15 is 0 Å². The summed E-state index contributed by atoms with van der Waals surface area (Å²) in [4.78, 5) is 22.5. The predicted molar refractivity (Wildman–Crippen MR) is 80.4 cm³/mol. The summed E-state index contributed by atoms with van der Waals surface area (Å²) in [5.41, 5.74) is 5.65. The zero-order valence-electron chi connectivity index (χ0n) is 12.4. The first-order chi connectivity index (χ1) is 10.5. The first kappa shape index (κ1) is 16.4. The number of aliphatic hydroxyl groups excluding tert-OH is 2. The van der Waals surface area contributed by atoms with Gasteiger partial charge in [0.15, 0.2) is 11.2 Å². The van der Waals surface area contributed by atoms with Crippen molar-refractivity contribution in [2.24, 2.45) is 0 Å². The van der Waals surface area contributed by atoms with Gasteiger partial charge in [-0.3, -0.25) is 9.78 Å². The summed E-state index contributed by atoms with van der Waals surface area (Å²) >= 11 is 0. The highest BCUT2D eigenvalue weighted by Crippen LogP contribution is 2.22. The second kappa shape index (κ2) is 7.34. The van der Waals surface area contributed by atoms with Crippen molar-refractivity contribution < 1.29 is 14.9 Å². The summed E-state index contributed by atoms with van der Waals surface area (Å²) in [5.74, 6) is 0.00810. The number of rotatable bonds is 8. The van der Waals surface area contributed by atoms with Gasteiger partial charge in [-0.25, -0.2) is 4.98 Å². The fourth-order valence-corrected chi connectivity index (χ4v) is 2.39. The highest BCUT2D eigenvalue weighted by Gasteiger charge is 2.21. The third kappa shape index (κ3) is 3.62. The number of ether oxygens (including phenoxy) is 1. The van der Waals surface area contributed by atoms with Crippen LogP contribution in [0.25, 0.3) is 11.2 Å². The second-order valence-corrected chi connectivity index (χ2v) is 5.06. The molecule has 0 aromatic carbocycles. The van der Waals surface area contributed by atoms with E-state index in [1.807, 2.05) is 0 Å². The van der Waals surface area contributed by atoms with Gasteiger partial charge in [-0.2, -0.15) is 4.98 Å². The summed E-state index contributed by atoms with van der Waals surface area (Å²) in [6.45, 7) is 2.40. The first-order valence-corrected chi connectivity index (χ1v) is 7.13. The Bertz CT molecular complexity index is 666. The summed E-state index contributed by atoms with van der Waals surface area (Å²) in [6, 6.07) is -0.325. The summed E-state index contributed by atoms with van der Waals surface area (Å²) in [6.07, 6.45) is 2.08. The van der Waals surface area contributed by atoms with Gasteiger partial charge in [-0.05, 0) is 19.8 Å². The van der Waals surface area contributed by atoms with E-state index < -0.39 is 6.10 Å². The molecule has 0 saturated carbocycles. The predicted octanol–water partition coefficient (Wildman–Crippen LogP) is -0.587. The minimum atomic E-state index is -0.674. The van der Waals surface area contributed by atoms with Crippen LogP contribution in [0.15, 0.2) is 11.1 Å². The lowest BCUT2D eigenvalue weighted by Crippen LogP contribution is -2.24. The minimum Gasteiger partial charge on any atom is -0.394 e. The number of nitrogens with two attached hydrogens (primary N) is 1. The van der Waals surface area contributed by atoms with Crippen molar-refractivity contribution in [1.82, 2.24) is 19.5 Å². The molecule has 0 spiro atoms. The molecular formula is C13H21N5O4. The van der Waals surface area contributed by atoms with Crippen molar-refractivity contribution >= 4 is 17.1 Å². The molecule has 2 aromatic rings. The number of nitrogens with one attached hydrogen (secondary N) is 1. The normalized spacial score (nSPS) is 14.3. The van der Waals surface area contributed by atoms with Crippen molar-refractivity contribution in [3.05, 3.63) is 16.7 Å². The highest BCUT2D eigenvalue weighted by atomic mass is 16.5. The standard InChI is InChI=1S/C13H21N5O4/c1-8(20)9(3-2-5-22-6-4-19)18-7-15-11-10(18)12(21)17-13(14)16-11/h7-9,19-20H,2-6H2,1H3,(H3,14,16,17,21). The van der Waals surface area contributed by atoms with Crippen LogP contribution in [0, 0.1) is 0 Å². The number of anilines is 1. The lowest BCUT2D eigenvalue weighted by atomic mass is 10.1. The lowest BCUT2D eigenvalue weighted by molar-refractivity contribution is 0.0783. The average Bonchev–Trinajstić information content (AvgIpc) is 2.86. The molecule has 0 bridgehead atoms. The molecule has 2 rings (SSSR count). The number of nitrogen functional groups attached to an aromatic ring is 1. The molecule has 5 N–H and O–H groups in total. The van der Waals surface area contributed by atoms with Crippen molar-refractivity contribution in [3.63, 3.8) is 0 Å². The third-order valence-electron chi connectivity index (χ3n) is 3.40. The molecule has 0 amide bonds. The quantitative estimate of drug-likeness (QED) is 0.478. The summed E-state index contributed by atoms with van der Waals surface area (Å²) in [5, 5.41) is 18.7. The van der Waals surface area contributed by atoms with E-state index in [2.05, 4.69) is 15.0 Å². The van der Waals surface area contributed by atoms with Crippen molar-refractivity contribution in [2.45, 2.75) is 31.9 Å². The molecule has 2 aromatic heterocycles. The molecule has 0 saturated heterocycles. The van der Waals surface area contributed by atoms with Gasteiger partial charge in [-0.15, -0.1) is 0 Å². The summed E-state index contributed by atoms with van der Waals surface area (Å²) in [7, 11) is 0. The van der Waals surface area contributed by atoms with Crippen LogP contribution in [0.1, 0.15) is 25.8 Å². The van der Waals surface area contributed by atoms with Gasteiger partial charge >= 0.3 is 0 Å². The largest absolute Gasteiger partial charge is 0.394 e. The Balaban J connectivity index is 2.20. The summed E-state index contributed by atoms with van der Waals surface area (Å²) < 4.78 is 6.83. The number of H-pyrrole nitrogens is 1. The van der Waals surface area contributed by atoms with Gasteiger partial charge < -0.3 is 25.3 Å². The number of aliphatic hydroxyl groups is 2. The first-order valence-electron chi connectivity index (χ1n) is 7.13. The van der Waals surface area contributed by atoms with Crippen LogP contribution in [0.4, 0.5) is 5.95 Å². The molecule has 122 valence electrons. The third-order valence-corrected chi connectivity index (χ3v) is 3.40. The Morgan fingerprint density at radius 3 is 2.95 bits per heavy atom. The number of aromatic amines is 1. The van der Waals surface area contributed by atoms with Crippen LogP contribution in [-0.4, -0.2) is 55.7 Å². The van der Waals surface area contributed by atoms with E-state index in [9.17, 15) is 9.90 Å². The number of fused-ring (bicyclic) bond motifs is 1. The van der Waals surface area contributed by atoms with Crippen molar-refractivity contribution in [2.75, 3.05) is 25.6 Å². The average molecular weight is 311 g/mol. The Hall–Kier alpha value is -1.97. The Morgan fingerprint density at radius 1 is 1.50 bits per heavy atom. The van der Waals surface area contributed by atoms with Gasteiger partial charge in [0.2, 0.25) is 5.95 Å². The maximum absolute atomic E-state index is 12.1. The van der Waals surface area contributed by atoms with Crippen LogP contribution in [0.2, 0.25) is 0 Å². The molecule has 9 nitrogen and oxygen atoms in total. The zero-order chi connectivity index (χ0) is 16.1. The molecule has 2 atom stereocenters. The van der Waals surface area contributed by atoms with Crippen LogP contribution >= 0.6 is 0 Å². The lowest BCUT2D eigenvalue weighted by Gasteiger charge is -2.21. The van der Waals surface area contributed by atoms with Gasteiger partial charge in [0.1, 0.15) is 0 Å². The minimum absolute atomic E-state index is 0.00810. The Morgan fingerprint density at radius 2 is 2.27 bits per heavy atom. The molecule has 9 heteroatoms. The molecule has 0 aliphatic carbocycles. The van der Waals surface area contributed by atoms with Gasteiger partial charge in [0.05, 0.1) is 31.7 Å². The highest BCUT2D eigenvalue weighted by molar-refractivity contribution is 5.70. The van der Waals surface area contributed by atoms with Crippen LogP contribution in [-0.2, 0) is 4.74 Å². The van der Waals surface area contributed by atoms with Crippen LogP contribution < -0.4 is 11.3 Å². The van der Waals surface area contributed by atoms with Crippen LogP contribution in [0.5, 0.6) is 0 Å². The van der Waals surface area contributed by atoms with E-state index in [4.69, 9.17) is 15.6 Å². The number of aromatic nitrogens is 4. The number of hydrogen-bond acceptors (Lipinski definition) is 7. The smallest absolute Gasteiger partial charge is 0.278 e. The number of hydrogen-bond donors (Lipinski definition) is 4. The molecule has 2 heterocycles. The maximum atomic E-state index is 12.1. The molecule has 0 fully saturated rings. The number of nitrogens with zero attached hydrogens (tertiary/aromatic N) is 3. The van der Waals surface area contributed by atoms with E-state index in [-0.39, 0.29) is 41.9 Å². The number of imidazole rings is 1. The van der Waals surface area contributed by atoms with E-state index in [0.717, 1.165) is 0 Å². The maximum Gasteiger partial charge on any atom is 0.278 e. The van der Waals surface area contributed by atoms with E-state index in [0.29, 0.717) is 19.4 Å². The molecule has 0 aliphatic heterocycles. The SMILES string of the molecule is CC(O)C(CCCOCCO)n1cnc2nc(N)[nH]c(=O)c21. The van der Waals surface area contributed by atoms with Gasteiger partial charge in [0.25, 0.3) is 5.56 Å². The molecule has 0 aliphatic rings. The van der Waals surface area contributed by atoms with E-state index in [1.54, 1.807) is 11.5 Å². The Kier molecular flexibility index (Phi) is 5.47.